The molecular formula is C42H38ClF8N7O5S2. The van der Waals surface area contributed by atoms with Crippen LogP contribution in [0.1, 0.15) is 92.3 Å². The van der Waals surface area contributed by atoms with Crippen LogP contribution in [0, 0.1) is 29.4 Å². The maximum Gasteiger partial charge on any atom is 0.293 e. The van der Waals surface area contributed by atoms with Crippen LogP contribution in [-0.4, -0.2) is 69.5 Å². The van der Waals surface area contributed by atoms with Gasteiger partial charge in [0.2, 0.25) is 15.9 Å². The highest BCUT2D eigenvalue weighted by Gasteiger charge is 2.67. The average Bonchev–Trinajstić information content (AvgIpc) is 4.14. The number of carbonyl (C=O) groups excluding carboxylic acids is 1. The Hall–Kier alpha value is -5.27. The van der Waals surface area contributed by atoms with Gasteiger partial charge in [-0.3, -0.25) is 18.9 Å². The Morgan fingerprint density at radius 2 is 1.65 bits per heavy atom. The zero-order valence-corrected chi connectivity index (χ0v) is 36.8. The minimum atomic E-state index is -4.07. The standard InChI is InChI=1S/C42H38ClF8N7O5S2/c1-4-64(60,61)56-40-34-29(43)10-9-26(37(34)57(55-40)18-31(46)47)25-8-5-23(11-12-41(2,3)65(62,63)24-6-7-24)52-35(25)30(15-20-13-21(44)16-22(45)14-20)53-32(59)19-58-38-33(36(54-58)39(48)49)27-17-28(27)42(38,50)51/h5,8-10,13-14,16,24,27-28,30-31,39H,4,6-7,15,17-19H2,1-3H3,(H,53,59)(H,55,56)/t27-,28+,30-/m0/s1. The Morgan fingerprint density at radius 3 is 2.28 bits per heavy atom. The van der Waals surface area contributed by atoms with Gasteiger partial charge in [-0.1, -0.05) is 23.6 Å². The summed E-state index contributed by atoms with van der Waals surface area (Å²) >= 11 is 6.60. The van der Waals surface area contributed by atoms with Crippen molar-refractivity contribution in [3.8, 4) is 23.0 Å². The second-order valence-electron chi connectivity index (χ2n) is 16.7. The van der Waals surface area contributed by atoms with Gasteiger partial charge < -0.3 is 5.32 Å². The van der Waals surface area contributed by atoms with E-state index in [1.807, 2.05) is 0 Å². The third-order valence-electron chi connectivity index (χ3n) is 11.7. The molecule has 1 amide bonds. The lowest BCUT2D eigenvalue weighted by Crippen LogP contribution is -2.35. The quantitative estimate of drug-likeness (QED) is 0.0786. The molecule has 3 heterocycles. The number of hydrogen-bond donors (Lipinski definition) is 2. The van der Waals surface area contributed by atoms with Gasteiger partial charge in [0.1, 0.15) is 46.6 Å². The molecule has 3 atom stereocenters. The summed E-state index contributed by atoms with van der Waals surface area (Å²) in [5.41, 5.74) is -2.60. The van der Waals surface area contributed by atoms with E-state index in [2.05, 4.69) is 37.1 Å². The van der Waals surface area contributed by atoms with Crippen molar-refractivity contribution in [1.29, 1.82) is 0 Å². The maximum absolute atomic E-state index is 15.5. The number of halogens is 9. The molecule has 2 aromatic carbocycles. The predicted molar refractivity (Wildman–Crippen MR) is 223 cm³/mol. The number of alkyl halides is 6. The summed E-state index contributed by atoms with van der Waals surface area (Å²) in [6.45, 7) is 2.01. The second-order valence-corrected chi connectivity index (χ2v) is 21.9. The summed E-state index contributed by atoms with van der Waals surface area (Å²) < 4.78 is 171. The lowest BCUT2D eigenvalue weighted by molar-refractivity contribution is -0.123. The van der Waals surface area contributed by atoms with Crippen LogP contribution in [0.3, 0.4) is 0 Å². The summed E-state index contributed by atoms with van der Waals surface area (Å²) in [5, 5.41) is 9.61. The van der Waals surface area contributed by atoms with E-state index in [0.717, 1.165) is 16.8 Å². The first kappa shape index (κ1) is 46.3. The second kappa shape index (κ2) is 16.6. The lowest BCUT2D eigenvalue weighted by atomic mass is 9.93. The molecule has 12 nitrogen and oxygen atoms in total. The molecule has 346 valence electrons. The fourth-order valence-electron chi connectivity index (χ4n) is 8.30. The van der Waals surface area contributed by atoms with E-state index < -0.39 is 127 Å². The molecule has 2 saturated carbocycles. The van der Waals surface area contributed by atoms with Gasteiger partial charge in [0.15, 0.2) is 15.7 Å². The first-order valence-electron chi connectivity index (χ1n) is 20.2. The van der Waals surface area contributed by atoms with Gasteiger partial charge in [0.25, 0.3) is 18.8 Å². The number of anilines is 1. The number of sulfonamides is 1. The molecular weight excluding hydrogens is 934 g/mol. The van der Waals surface area contributed by atoms with Gasteiger partial charge in [-0.15, -0.1) is 0 Å². The maximum atomic E-state index is 15.5. The van der Waals surface area contributed by atoms with Gasteiger partial charge in [0.05, 0.1) is 38.7 Å². The van der Waals surface area contributed by atoms with E-state index in [1.54, 1.807) is 0 Å². The van der Waals surface area contributed by atoms with Crippen LogP contribution >= 0.6 is 11.6 Å². The number of sulfone groups is 1. The van der Waals surface area contributed by atoms with Gasteiger partial charge in [-0.05, 0) is 94.2 Å². The van der Waals surface area contributed by atoms with Crippen molar-refractivity contribution >= 4 is 54.1 Å². The van der Waals surface area contributed by atoms with Crippen LogP contribution in [0.4, 0.5) is 40.9 Å². The zero-order chi connectivity index (χ0) is 47.1. The summed E-state index contributed by atoms with van der Waals surface area (Å²) in [4.78, 5) is 18.8. The van der Waals surface area contributed by atoms with Crippen molar-refractivity contribution in [2.24, 2.45) is 5.92 Å². The van der Waals surface area contributed by atoms with Gasteiger partial charge >= 0.3 is 0 Å². The Morgan fingerprint density at radius 1 is 0.969 bits per heavy atom. The molecule has 65 heavy (non-hydrogen) atoms. The Labute approximate surface area is 372 Å². The van der Waals surface area contributed by atoms with Crippen LogP contribution in [0.25, 0.3) is 22.0 Å². The van der Waals surface area contributed by atoms with E-state index in [9.17, 15) is 48.0 Å². The SMILES string of the molecule is CCS(=O)(=O)Nc1nn(CC(F)F)c2c(-c3ccc(C#CC(C)(C)S(=O)(=O)C4CC4)nc3[C@H](Cc3cc(F)cc(F)c3)NC(=O)Cn3nc(C(F)F)c4c3C(F)(F)[C@@H]3C[C@H]43)ccc(Cl)c12. The molecule has 2 N–H and O–H groups in total. The topological polar surface area (TPSA) is 158 Å². The number of rotatable bonds is 15. The minimum Gasteiger partial charge on any atom is -0.346 e. The van der Waals surface area contributed by atoms with Crippen molar-refractivity contribution in [2.75, 3.05) is 10.5 Å². The molecule has 8 rings (SSSR count). The number of hydrogen-bond acceptors (Lipinski definition) is 8. The highest BCUT2D eigenvalue weighted by atomic mass is 35.5. The number of aromatic nitrogens is 5. The third kappa shape index (κ3) is 8.78. The van der Waals surface area contributed by atoms with Crippen LogP contribution < -0.4 is 10.0 Å². The normalized spacial score (nSPS) is 18.4. The molecule has 3 aromatic heterocycles. The summed E-state index contributed by atoms with van der Waals surface area (Å²) in [5.74, 6) is -4.22. The van der Waals surface area contributed by atoms with Crippen molar-refractivity contribution in [2.45, 2.75) is 100 Å². The van der Waals surface area contributed by atoms with Crippen molar-refractivity contribution in [3.63, 3.8) is 0 Å². The third-order valence-corrected chi connectivity index (χ3v) is 16.1. The van der Waals surface area contributed by atoms with Crippen molar-refractivity contribution in [3.05, 3.63) is 93.0 Å². The van der Waals surface area contributed by atoms with E-state index in [0.29, 0.717) is 23.6 Å². The van der Waals surface area contributed by atoms with Crippen LogP contribution in [0.2, 0.25) is 5.02 Å². The Bertz CT molecular complexity index is 3040. The Kier molecular flexibility index (Phi) is 11.8. The summed E-state index contributed by atoms with van der Waals surface area (Å²) in [7, 11) is -7.83. The van der Waals surface area contributed by atoms with Crippen LogP contribution in [0.15, 0.2) is 42.5 Å². The molecule has 0 saturated heterocycles. The van der Waals surface area contributed by atoms with Crippen molar-refractivity contribution < 1.29 is 56.8 Å². The molecule has 0 bridgehead atoms. The lowest BCUT2D eigenvalue weighted by Gasteiger charge is -2.23. The number of benzene rings is 2. The fraction of sp³-hybridized carbons (Fsp3) is 0.429. The molecule has 3 aliphatic rings. The van der Waals surface area contributed by atoms with E-state index >= 15 is 8.78 Å². The molecule has 2 fully saturated rings. The smallest absolute Gasteiger partial charge is 0.293 e. The van der Waals surface area contributed by atoms with E-state index in [-0.39, 0.29) is 56.0 Å². The number of fused-ring (bicyclic) bond motifs is 4. The van der Waals surface area contributed by atoms with Gasteiger partial charge in [-0.2, -0.15) is 19.0 Å². The molecule has 23 heteroatoms. The van der Waals surface area contributed by atoms with E-state index in [4.69, 9.17) is 11.6 Å². The highest BCUT2D eigenvalue weighted by molar-refractivity contribution is 7.94. The first-order valence-corrected chi connectivity index (χ1v) is 23.8. The number of nitrogens with zero attached hydrogens (tertiary/aromatic N) is 5. The predicted octanol–water partition coefficient (Wildman–Crippen LogP) is 8.21. The van der Waals surface area contributed by atoms with Gasteiger partial charge in [0, 0.05) is 28.7 Å². The summed E-state index contributed by atoms with van der Waals surface area (Å²) in [6.07, 6.45) is -5.93. The molecule has 0 radical (unpaired) electrons. The number of pyridine rings is 1. The van der Waals surface area contributed by atoms with Crippen molar-refractivity contribution in [1.82, 2.24) is 29.9 Å². The molecule has 0 aliphatic heterocycles. The van der Waals surface area contributed by atoms with E-state index in [1.165, 1.54) is 45.0 Å². The first-order chi connectivity index (χ1) is 30.4. The highest BCUT2D eigenvalue weighted by Crippen LogP contribution is 2.68. The minimum absolute atomic E-state index is 0.00356. The molecule has 0 spiro atoms. The summed E-state index contributed by atoms with van der Waals surface area (Å²) in [6, 6.07) is 6.29. The van der Waals surface area contributed by atoms with Crippen LogP contribution in [0.5, 0.6) is 0 Å². The molecule has 3 aliphatic carbocycles. The molecule has 0 unspecified atom stereocenters. The zero-order valence-electron chi connectivity index (χ0n) is 34.5. The van der Waals surface area contributed by atoms with Crippen LogP contribution in [-0.2, 0) is 50.1 Å². The monoisotopic (exact) mass is 971 g/mol. The Balaban J connectivity index is 1.32. The molecule has 5 aromatic rings. The largest absolute Gasteiger partial charge is 0.346 e. The van der Waals surface area contributed by atoms with Gasteiger partial charge in [-0.25, -0.2) is 48.2 Å². The fourth-order valence-corrected chi connectivity index (χ4v) is 10.9. The number of amides is 1. The number of nitrogens with one attached hydrogen (secondary N) is 2. The number of carbonyl (C=O) groups is 1. The average molecular weight is 972 g/mol.